The number of hydrogen-bond acceptors (Lipinski definition) is 2. The summed E-state index contributed by atoms with van der Waals surface area (Å²) in [5.41, 5.74) is 0.662. The van der Waals surface area contributed by atoms with Crippen LogP contribution in [0.1, 0.15) is 31.7 Å². The fraction of sp³-hybridized carbons (Fsp3) is 0.571. The van der Waals surface area contributed by atoms with Gasteiger partial charge in [0, 0.05) is 23.2 Å². The van der Waals surface area contributed by atoms with E-state index in [1.165, 1.54) is 18.9 Å². The smallest absolute Gasteiger partial charge is 0.387 e. The summed E-state index contributed by atoms with van der Waals surface area (Å²) in [6, 6.07) is 5.06. The van der Waals surface area contributed by atoms with Gasteiger partial charge in [-0.05, 0) is 37.5 Å². The monoisotopic (exact) mass is 289 g/mol. The Hall–Kier alpha value is -0.870. The minimum absolute atomic E-state index is 0.186. The van der Waals surface area contributed by atoms with Crippen LogP contribution >= 0.6 is 11.6 Å². The van der Waals surface area contributed by atoms with Gasteiger partial charge in [-0.3, -0.25) is 0 Å². The third kappa shape index (κ3) is 4.96. The van der Waals surface area contributed by atoms with E-state index in [1.54, 1.807) is 12.1 Å². The highest BCUT2D eigenvalue weighted by molar-refractivity contribution is 6.30. The zero-order valence-corrected chi connectivity index (χ0v) is 11.6. The largest absolute Gasteiger partial charge is 0.434 e. The van der Waals surface area contributed by atoms with Crippen molar-refractivity contribution >= 4 is 11.6 Å². The highest BCUT2D eigenvalue weighted by atomic mass is 35.5. The average Bonchev–Trinajstić information content (AvgIpc) is 3.13. The molecule has 1 atom stereocenters. The number of ether oxygens (including phenoxy) is 1. The molecule has 0 aromatic heterocycles. The van der Waals surface area contributed by atoms with Gasteiger partial charge >= 0.3 is 6.61 Å². The first-order valence-electron chi connectivity index (χ1n) is 6.51. The van der Waals surface area contributed by atoms with Gasteiger partial charge in [0.15, 0.2) is 0 Å². The summed E-state index contributed by atoms with van der Waals surface area (Å²) in [5, 5.41) is 3.85. The fourth-order valence-electron chi connectivity index (χ4n) is 2.12. The lowest BCUT2D eigenvalue weighted by Crippen LogP contribution is -2.26. The number of alkyl halides is 2. The molecule has 1 aromatic rings. The second-order valence-corrected chi connectivity index (χ2v) is 5.53. The summed E-state index contributed by atoms with van der Waals surface area (Å²) in [6.45, 7) is -0.226. The third-order valence-corrected chi connectivity index (χ3v) is 3.50. The molecule has 1 aliphatic carbocycles. The molecule has 1 saturated carbocycles. The lowest BCUT2D eigenvalue weighted by Gasteiger charge is -2.16. The SMILES string of the molecule is CC(CC1CC1)NCc1cc(Cl)ccc1OC(F)F. The quantitative estimate of drug-likeness (QED) is 0.811. The zero-order valence-electron chi connectivity index (χ0n) is 10.8. The topological polar surface area (TPSA) is 21.3 Å². The number of hydrogen-bond donors (Lipinski definition) is 1. The van der Waals surface area contributed by atoms with Crippen molar-refractivity contribution in [2.45, 2.75) is 45.4 Å². The first-order chi connectivity index (χ1) is 9.04. The number of rotatable bonds is 7. The molecule has 0 radical (unpaired) electrons. The summed E-state index contributed by atoms with van der Waals surface area (Å²) in [7, 11) is 0. The van der Waals surface area contributed by atoms with Gasteiger partial charge in [-0.25, -0.2) is 0 Å². The van der Waals surface area contributed by atoms with Crippen LogP contribution in [-0.4, -0.2) is 12.7 Å². The molecule has 19 heavy (non-hydrogen) atoms. The van der Waals surface area contributed by atoms with Crippen molar-refractivity contribution in [2.24, 2.45) is 5.92 Å². The lowest BCUT2D eigenvalue weighted by molar-refractivity contribution is -0.0505. The van der Waals surface area contributed by atoms with Crippen molar-refractivity contribution in [2.75, 3.05) is 0 Å². The Kier molecular flexibility index (Phi) is 4.99. The van der Waals surface area contributed by atoms with Crippen LogP contribution in [0.2, 0.25) is 5.02 Å². The lowest BCUT2D eigenvalue weighted by atomic mass is 10.1. The molecule has 106 valence electrons. The molecular weight excluding hydrogens is 272 g/mol. The van der Waals surface area contributed by atoms with Gasteiger partial charge in [-0.15, -0.1) is 0 Å². The highest BCUT2D eigenvalue weighted by Gasteiger charge is 2.23. The van der Waals surface area contributed by atoms with Crippen LogP contribution < -0.4 is 10.1 Å². The summed E-state index contributed by atoms with van der Waals surface area (Å²) in [6.07, 6.45) is 3.75. The van der Waals surface area contributed by atoms with E-state index in [-0.39, 0.29) is 5.75 Å². The predicted molar refractivity (Wildman–Crippen MR) is 71.7 cm³/mol. The molecule has 5 heteroatoms. The van der Waals surface area contributed by atoms with Crippen LogP contribution in [-0.2, 0) is 6.54 Å². The summed E-state index contributed by atoms with van der Waals surface area (Å²) >= 11 is 5.89. The Balaban J connectivity index is 1.94. The van der Waals surface area contributed by atoms with Crippen LogP contribution in [0.5, 0.6) is 5.75 Å². The molecule has 0 spiro atoms. The molecule has 0 bridgehead atoms. The van der Waals surface area contributed by atoms with Crippen LogP contribution in [0.15, 0.2) is 18.2 Å². The van der Waals surface area contributed by atoms with Gasteiger partial charge in [-0.1, -0.05) is 24.4 Å². The minimum Gasteiger partial charge on any atom is -0.434 e. The van der Waals surface area contributed by atoms with Crippen molar-refractivity contribution in [1.82, 2.24) is 5.32 Å². The van der Waals surface area contributed by atoms with E-state index in [0.717, 1.165) is 12.3 Å². The Bertz CT molecular complexity index is 424. The maximum absolute atomic E-state index is 12.3. The molecule has 0 saturated heterocycles. The second kappa shape index (κ2) is 6.53. The van der Waals surface area contributed by atoms with Gasteiger partial charge < -0.3 is 10.1 Å². The fourth-order valence-corrected chi connectivity index (χ4v) is 2.31. The maximum Gasteiger partial charge on any atom is 0.387 e. The summed E-state index contributed by atoms with van der Waals surface area (Å²) in [4.78, 5) is 0. The molecule has 1 N–H and O–H groups in total. The normalized spacial score (nSPS) is 16.7. The van der Waals surface area contributed by atoms with Gasteiger partial charge in [0.25, 0.3) is 0 Å². The average molecular weight is 290 g/mol. The number of benzene rings is 1. The van der Waals surface area contributed by atoms with E-state index in [0.29, 0.717) is 23.2 Å². The molecule has 1 unspecified atom stereocenters. The second-order valence-electron chi connectivity index (χ2n) is 5.09. The molecule has 2 nitrogen and oxygen atoms in total. The molecular formula is C14H18ClF2NO. The predicted octanol–water partition coefficient (Wildman–Crippen LogP) is 4.22. The summed E-state index contributed by atoms with van der Waals surface area (Å²) in [5.74, 6) is 1.02. The Morgan fingerprint density at radius 2 is 2.16 bits per heavy atom. The van der Waals surface area contributed by atoms with Gasteiger partial charge in [0.1, 0.15) is 5.75 Å². The standard InChI is InChI=1S/C14H18ClF2NO/c1-9(6-10-2-3-10)18-8-11-7-12(15)4-5-13(11)19-14(16)17/h4-5,7,9-10,14,18H,2-3,6,8H2,1H3. The molecule has 0 aliphatic heterocycles. The highest BCUT2D eigenvalue weighted by Crippen LogP contribution is 2.33. The first-order valence-corrected chi connectivity index (χ1v) is 6.89. The van der Waals surface area contributed by atoms with Gasteiger partial charge in [0.05, 0.1) is 0 Å². The van der Waals surface area contributed by atoms with Crippen molar-refractivity contribution in [3.05, 3.63) is 28.8 Å². The minimum atomic E-state index is -2.82. The Labute approximate surface area is 117 Å². The molecule has 1 aliphatic rings. The van der Waals surface area contributed by atoms with Crippen LogP contribution in [0, 0.1) is 5.92 Å². The summed E-state index contributed by atoms with van der Waals surface area (Å²) < 4.78 is 29.1. The van der Waals surface area contributed by atoms with E-state index >= 15 is 0 Å². The van der Waals surface area contributed by atoms with Crippen LogP contribution in [0.3, 0.4) is 0 Å². The third-order valence-electron chi connectivity index (χ3n) is 3.26. The molecule has 1 fully saturated rings. The molecule has 1 aromatic carbocycles. The van der Waals surface area contributed by atoms with E-state index in [9.17, 15) is 8.78 Å². The van der Waals surface area contributed by atoms with E-state index < -0.39 is 6.61 Å². The van der Waals surface area contributed by atoms with Crippen LogP contribution in [0.25, 0.3) is 0 Å². The van der Waals surface area contributed by atoms with Gasteiger partial charge in [-0.2, -0.15) is 8.78 Å². The Morgan fingerprint density at radius 1 is 1.42 bits per heavy atom. The Morgan fingerprint density at radius 3 is 2.79 bits per heavy atom. The van der Waals surface area contributed by atoms with E-state index in [1.807, 2.05) is 0 Å². The van der Waals surface area contributed by atoms with E-state index in [2.05, 4.69) is 17.0 Å². The van der Waals surface area contributed by atoms with Gasteiger partial charge in [0.2, 0.25) is 0 Å². The van der Waals surface area contributed by atoms with Crippen molar-refractivity contribution in [1.29, 1.82) is 0 Å². The molecule has 2 rings (SSSR count). The van der Waals surface area contributed by atoms with Crippen molar-refractivity contribution in [3.8, 4) is 5.75 Å². The maximum atomic E-state index is 12.3. The first kappa shape index (κ1) is 14.5. The van der Waals surface area contributed by atoms with Crippen molar-refractivity contribution < 1.29 is 13.5 Å². The van der Waals surface area contributed by atoms with Crippen LogP contribution in [0.4, 0.5) is 8.78 Å². The number of halogens is 3. The zero-order chi connectivity index (χ0) is 13.8. The molecule has 0 amide bonds. The van der Waals surface area contributed by atoms with Crippen molar-refractivity contribution in [3.63, 3.8) is 0 Å². The molecule has 0 heterocycles. The van der Waals surface area contributed by atoms with E-state index in [4.69, 9.17) is 11.6 Å². The number of nitrogens with one attached hydrogen (secondary N) is 1.